The lowest BCUT2D eigenvalue weighted by atomic mass is 10.1. The summed E-state index contributed by atoms with van der Waals surface area (Å²) >= 11 is 11.4. The van der Waals surface area contributed by atoms with Gasteiger partial charge < -0.3 is 5.32 Å². The van der Waals surface area contributed by atoms with E-state index in [0.29, 0.717) is 31.4 Å². The van der Waals surface area contributed by atoms with Gasteiger partial charge in [0.1, 0.15) is 0 Å². The summed E-state index contributed by atoms with van der Waals surface area (Å²) in [4.78, 5) is 14.0. The fourth-order valence-electron chi connectivity index (χ4n) is 1.90. The number of halogens is 2. The van der Waals surface area contributed by atoms with E-state index in [1.807, 2.05) is 36.9 Å². The molecule has 0 aliphatic rings. The van der Waals surface area contributed by atoms with Gasteiger partial charge in [-0.05, 0) is 25.0 Å². The van der Waals surface area contributed by atoms with Gasteiger partial charge in [-0.25, -0.2) is 0 Å². The number of nitrogens with zero attached hydrogens (tertiary/aromatic N) is 1. The third-order valence-corrected chi connectivity index (χ3v) is 3.25. The van der Waals surface area contributed by atoms with Gasteiger partial charge in [-0.3, -0.25) is 9.69 Å². The highest BCUT2D eigenvalue weighted by Crippen LogP contribution is 2.19. The molecule has 0 aliphatic carbocycles. The lowest BCUT2D eigenvalue weighted by Crippen LogP contribution is -2.36. The number of benzene rings is 1. The summed E-state index contributed by atoms with van der Waals surface area (Å²) in [5.74, 6) is 0.953. The van der Waals surface area contributed by atoms with Crippen molar-refractivity contribution >= 4 is 34.8 Å². The Kier molecular flexibility index (Phi) is 7.21. The smallest absolute Gasteiger partial charge is 0.238 e. The molecule has 1 aromatic carbocycles. The number of alkyl halides is 2. The first-order valence-electron chi connectivity index (χ1n) is 6.28. The SMILES string of the molecule is Cc1cccc(C)c1NC(=O)CN(CCCl)CCCl. The van der Waals surface area contributed by atoms with E-state index < -0.39 is 0 Å². The minimum Gasteiger partial charge on any atom is -0.324 e. The van der Waals surface area contributed by atoms with Crippen LogP contribution in [0.15, 0.2) is 18.2 Å². The molecular weight excluding hydrogens is 283 g/mol. The van der Waals surface area contributed by atoms with Crippen molar-refractivity contribution < 1.29 is 4.79 Å². The standard InChI is InChI=1S/C14H20Cl2N2O/c1-11-4-3-5-12(2)14(11)17-13(19)10-18(8-6-15)9-7-16/h3-5H,6-10H2,1-2H3,(H,17,19). The zero-order valence-electron chi connectivity index (χ0n) is 11.4. The quantitative estimate of drug-likeness (QED) is 0.785. The summed E-state index contributed by atoms with van der Waals surface area (Å²) in [6, 6.07) is 5.95. The normalized spacial score (nSPS) is 10.8. The number of para-hydroxylation sites is 1. The largest absolute Gasteiger partial charge is 0.324 e. The number of carbonyl (C=O) groups excluding carboxylic acids is 1. The Labute approximate surface area is 124 Å². The molecule has 1 rings (SSSR count). The molecule has 0 aromatic heterocycles. The van der Waals surface area contributed by atoms with Gasteiger partial charge in [0.15, 0.2) is 0 Å². The van der Waals surface area contributed by atoms with Crippen LogP contribution in [0.25, 0.3) is 0 Å². The second-order valence-electron chi connectivity index (χ2n) is 4.47. The van der Waals surface area contributed by atoms with Gasteiger partial charge in [0, 0.05) is 30.5 Å². The molecule has 0 saturated heterocycles. The van der Waals surface area contributed by atoms with E-state index in [4.69, 9.17) is 23.2 Å². The van der Waals surface area contributed by atoms with Crippen molar-refractivity contribution in [3.05, 3.63) is 29.3 Å². The van der Waals surface area contributed by atoms with Crippen LogP contribution in [0.4, 0.5) is 5.69 Å². The molecule has 1 aromatic rings. The Morgan fingerprint density at radius 2 is 1.68 bits per heavy atom. The molecule has 0 radical (unpaired) electrons. The van der Waals surface area contributed by atoms with Gasteiger partial charge in [0.05, 0.1) is 6.54 Å². The van der Waals surface area contributed by atoms with Gasteiger partial charge in [-0.15, -0.1) is 23.2 Å². The van der Waals surface area contributed by atoms with E-state index in [2.05, 4.69) is 5.32 Å². The summed E-state index contributed by atoms with van der Waals surface area (Å²) in [6.45, 7) is 5.60. The first-order chi connectivity index (χ1) is 9.08. The molecule has 0 bridgehead atoms. The van der Waals surface area contributed by atoms with Crippen molar-refractivity contribution in [2.75, 3.05) is 36.7 Å². The van der Waals surface area contributed by atoms with Crippen molar-refractivity contribution in [2.45, 2.75) is 13.8 Å². The third-order valence-electron chi connectivity index (χ3n) is 2.91. The van der Waals surface area contributed by atoms with Gasteiger partial charge in [-0.1, -0.05) is 18.2 Å². The fraction of sp³-hybridized carbons (Fsp3) is 0.500. The van der Waals surface area contributed by atoms with Gasteiger partial charge in [0.25, 0.3) is 0 Å². The molecule has 0 spiro atoms. The van der Waals surface area contributed by atoms with Gasteiger partial charge in [-0.2, -0.15) is 0 Å². The van der Waals surface area contributed by atoms with Crippen LogP contribution in [-0.2, 0) is 4.79 Å². The van der Waals surface area contributed by atoms with Crippen molar-refractivity contribution in [2.24, 2.45) is 0 Å². The maximum atomic E-state index is 12.0. The molecule has 0 saturated carbocycles. The Morgan fingerprint density at radius 1 is 1.16 bits per heavy atom. The Hall–Kier alpha value is -0.770. The molecule has 0 aliphatic heterocycles. The maximum absolute atomic E-state index is 12.0. The predicted molar refractivity (Wildman–Crippen MR) is 82.4 cm³/mol. The first-order valence-corrected chi connectivity index (χ1v) is 7.35. The highest BCUT2D eigenvalue weighted by molar-refractivity contribution is 6.18. The van der Waals surface area contributed by atoms with E-state index in [-0.39, 0.29) is 5.91 Å². The molecule has 0 atom stereocenters. The lowest BCUT2D eigenvalue weighted by molar-refractivity contribution is -0.117. The second kappa shape index (κ2) is 8.41. The zero-order valence-corrected chi connectivity index (χ0v) is 12.9. The third kappa shape index (κ3) is 5.39. The topological polar surface area (TPSA) is 32.3 Å². The number of hydrogen-bond acceptors (Lipinski definition) is 2. The van der Waals surface area contributed by atoms with Crippen LogP contribution >= 0.6 is 23.2 Å². The minimum atomic E-state index is -0.0346. The number of carbonyl (C=O) groups is 1. The van der Waals surface area contributed by atoms with Crippen molar-refractivity contribution in [1.82, 2.24) is 4.90 Å². The lowest BCUT2D eigenvalue weighted by Gasteiger charge is -2.20. The van der Waals surface area contributed by atoms with E-state index in [9.17, 15) is 4.79 Å². The van der Waals surface area contributed by atoms with E-state index >= 15 is 0 Å². The molecule has 5 heteroatoms. The monoisotopic (exact) mass is 302 g/mol. The highest BCUT2D eigenvalue weighted by Gasteiger charge is 2.11. The maximum Gasteiger partial charge on any atom is 0.238 e. The molecule has 1 amide bonds. The van der Waals surface area contributed by atoms with Crippen molar-refractivity contribution in [3.8, 4) is 0 Å². The van der Waals surface area contributed by atoms with Crippen LogP contribution in [0, 0.1) is 13.8 Å². The number of hydrogen-bond donors (Lipinski definition) is 1. The van der Waals surface area contributed by atoms with E-state index in [1.165, 1.54) is 0 Å². The Balaban J connectivity index is 2.63. The molecule has 0 heterocycles. The van der Waals surface area contributed by atoms with Crippen molar-refractivity contribution in [3.63, 3.8) is 0 Å². The van der Waals surface area contributed by atoms with Crippen LogP contribution in [-0.4, -0.2) is 42.2 Å². The molecule has 0 fully saturated rings. The van der Waals surface area contributed by atoms with Gasteiger partial charge >= 0.3 is 0 Å². The predicted octanol–water partition coefficient (Wildman–Crippen LogP) is 3.02. The van der Waals surface area contributed by atoms with E-state index in [0.717, 1.165) is 16.8 Å². The molecular formula is C14H20Cl2N2O. The van der Waals surface area contributed by atoms with Gasteiger partial charge in [0.2, 0.25) is 5.91 Å². The number of amides is 1. The summed E-state index contributed by atoms with van der Waals surface area (Å²) < 4.78 is 0. The molecule has 19 heavy (non-hydrogen) atoms. The summed E-state index contributed by atoms with van der Waals surface area (Å²) in [5.41, 5.74) is 3.02. The van der Waals surface area contributed by atoms with Crippen LogP contribution in [0.1, 0.15) is 11.1 Å². The Morgan fingerprint density at radius 3 is 2.16 bits per heavy atom. The number of rotatable bonds is 7. The molecule has 1 N–H and O–H groups in total. The molecule has 106 valence electrons. The second-order valence-corrected chi connectivity index (χ2v) is 5.23. The molecule has 3 nitrogen and oxygen atoms in total. The number of nitrogens with one attached hydrogen (secondary N) is 1. The van der Waals surface area contributed by atoms with Crippen LogP contribution in [0.2, 0.25) is 0 Å². The summed E-state index contributed by atoms with van der Waals surface area (Å²) in [5, 5.41) is 2.96. The first kappa shape index (κ1) is 16.3. The number of anilines is 1. The average molecular weight is 303 g/mol. The molecule has 0 unspecified atom stereocenters. The van der Waals surface area contributed by atoms with Crippen LogP contribution < -0.4 is 5.32 Å². The summed E-state index contributed by atoms with van der Waals surface area (Å²) in [7, 11) is 0. The minimum absolute atomic E-state index is 0.0346. The highest BCUT2D eigenvalue weighted by atomic mass is 35.5. The van der Waals surface area contributed by atoms with Crippen LogP contribution in [0.3, 0.4) is 0 Å². The summed E-state index contributed by atoms with van der Waals surface area (Å²) in [6.07, 6.45) is 0. The van der Waals surface area contributed by atoms with E-state index in [1.54, 1.807) is 0 Å². The Bertz CT molecular complexity index is 398. The fourth-order valence-corrected chi connectivity index (χ4v) is 2.38. The average Bonchev–Trinajstić information content (AvgIpc) is 2.35. The number of aryl methyl sites for hydroxylation is 2. The van der Waals surface area contributed by atoms with Crippen molar-refractivity contribution in [1.29, 1.82) is 0 Å². The zero-order chi connectivity index (χ0) is 14.3. The van der Waals surface area contributed by atoms with Crippen LogP contribution in [0.5, 0.6) is 0 Å².